The molecule has 0 fully saturated rings. The van der Waals surface area contributed by atoms with Gasteiger partial charge in [-0.05, 0) is 28.0 Å². The fraction of sp³-hybridized carbons (Fsp3) is 0.269. The smallest absolute Gasteiger partial charge is 0.230 e. The van der Waals surface area contributed by atoms with E-state index in [1.165, 1.54) is 17.3 Å². The van der Waals surface area contributed by atoms with E-state index in [9.17, 15) is 4.79 Å². The fourth-order valence-corrected chi connectivity index (χ4v) is 4.83. The van der Waals surface area contributed by atoms with Gasteiger partial charge in [-0.15, -0.1) is 21.5 Å². The van der Waals surface area contributed by atoms with E-state index in [1.807, 2.05) is 35.7 Å². The molecule has 0 unspecified atom stereocenters. The van der Waals surface area contributed by atoms with E-state index >= 15 is 0 Å². The lowest BCUT2D eigenvalue weighted by atomic mass is 9.87. The van der Waals surface area contributed by atoms with Crippen molar-refractivity contribution in [3.05, 3.63) is 88.1 Å². The van der Waals surface area contributed by atoms with Gasteiger partial charge in [-0.25, -0.2) is 0 Å². The van der Waals surface area contributed by atoms with Crippen LogP contribution in [0.25, 0.3) is 11.4 Å². The summed E-state index contributed by atoms with van der Waals surface area (Å²) < 4.78 is 2.10. The van der Waals surface area contributed by atoms with Gasteiger partial charge in [0, 0.05) is 10.4 Å². The minimum Gasteiger partial charge on any atom is -0.350 e. The number of thiophene rings is 1. The normalized spacial score (nSPS) is 11.5. The fourth-order valence-electron chi connectivity index (χ4n) is 3.42. The van der Waals surface area contributed by atoms with Gasteiger partial charge in [0.25, 0.3) is 0 Å². The Morgan fingerprint density at radius 3 is 2.42 bits per heavy atom. The molecule has 0 bridgehead atoms. The third kappa shape index (κ3) is 6.12. The van der Waals surface area contributed by atoms with Gasteiger partial charge in [0.2, 0.25) is 5.91 Å². The molecule has 0 aliphatic heterocycles. The average Bonchev–Trinajstić information content (AvgIpc) is 3.47. The monoisotopic (exact) mass is 476 g/mol. The van der Waals surface area contributed by atoms with Gasteiger partial charge in [-0.2, -0.15) is 0 Å². The van der Waals surface area contributed by atoms with Crippen molar-refractivity contribution in [2.75, 3.05) is 5.75 Å². The molecule has 0 saturated heterocycles. The summed E-state index contributed by atoms with van der Waals surface area (Å²) >= 11 is 3.05. The predicted molar refractivity (Wildman–Crippen MR) is 137 cm³/mol. The summed E-state index contributed by atoms with van der Waals surface area (Å²) in [5, 5.41) is 14.7. The Balaban J connectivity index is 1.54. The molecule has 33 heavy (non-hydrogen) atoms. The summed E-state index contributed by atoms with van der Waals surface area (Å²) in [6, 6.07) is 22.8. The molecule has 0 spiro atoms. The molecule has 0 aliphatic carbocycles. The molecule has 0 radical (unpaired) electrons. The number of rotatable bonds is 8. The van der Waals surface area contributed by atoms with Gasteiger partial charge in [0.1, 0.15) is 0 Å². The first kappa shape index (κ1) is 23.3. The number of hydrogen-bond acceptors (Lipinski definition) is 5. The van der Waals surface area contributed by atoms with Gasteiger partial charge >= 0.3 is 0 Å². The van der Waals surface area contributed by atoms with Crippen LogP contribution in [0, 0.1) is 0 Å². The van der Waals surface area contributed by atoms with Crippen molar-refractivity contribution < 1.29 is 4.79 Å². The third-order valence-corrected chi connectivity index (χ3v) is 7.12. The van der Waals surface area contributed by atoms with Gasteiger partial charge < -0.3 is 5.32 Å². The van der Waals surface area contributed by atoms with Gasteiger partial charge in [-0.1, -0.05) is 93.2 Å². The van der Waals surface area contributed by atoms with Crippen LogP contribution in [-0.4, -0.2) is 26.4 Å². The number of nitrogens with one attached hydrogen (secondary N) is 1. The number of benzene rings is 2. The molecule has 170 valence electrons. The van der Waals surface area contributed by atoms with E-state index in [-0.39, 0.29) is 11.3 Å². The number of thioether (sulfide) groups is 1. The molecule has 7 heteroatoms. The lowest BCUT2D eigenvalue weighted by molar-refractivity contribution is -0.118. The lowest BCUT2D eigenvalue weighted by Crippen LogP contribution is -2.24. The SMILES string of the molecule is CC(C)(C)c1ccc(-c2nnc(SCC(=O)NCc3cccs3)n2Cc2ccccc2)cc1. The number of amides is 1. The first-order valence-electron chi connectivity index (χ1n) is 10.9. The Morgan fingerprint density at radius 2 is 1.76 bits per heavy atom. The second kappa shape index (κ2) is 10.4. The van der Waals surface area contributed by atoms with Crippen molar-refractivity contribution >= 4 is 29.0 Å². The molecule has 0 aliphatic rings. The highest BCUT2D eigenvalue weighted by Gasteiger charge is 2.18. The van der Waals surface area contributed by atoms with E-state index in [4.69, 9.17) is 0 Å². The highest BCUT2D eigenvalue weighted by atomic mass is 32.2. The lowest BCUT2D eigenvalue weighted by Gasteiger charge is -2.19. The summed E-state index contributed by atoms with van der Waals surface area (Å²) in [6.45, 7) is 7.82. The van der Waals surface area contributed by atoms with Crippen LogP contribution in [-0.2, 0) is 23.3 Å². The van der Waals surface area contributed by atoms with Gasteiger partial charge in [0.05, 0.1) is 18.8 Å². The number of hydrogen-bond donors (Lipinski definition) is 1. The number of nitrogens with zero attached hydrogens (tertiary/aromatic N) is 3. The summed E-state index contributed by atoms with van der Waals surface area (Å²) in [5.41, 5.74) is 3.54. The van der Waals surface area contributed by atoms with Gasteiger partial charge in [0.15, 0.2) is 11.0 Å². The maximum atomic E-state index is 12.4. The van der Waals surface area contributed by atoms with Crippen molar-refractivity contribution in [2.24, 2.45) is 0 Å². The molecule has 0 atom stereocenters. The number of carbonyl (C=O) groups excluding carboxylic acids is 1. The molecule has 2 aromatic heterocycles. The molecular weight excluding hydrogens is 448 g/mol. The Hall–Kier alpha value is -2.90. The Morgan fingerprint density at radius 1 is 1.00 bits per heavy atom. The van der Waals surface area contributed by atoms with Crippen molar-refractivity contribution in [1.29, 1.82) is 0 Å². The topological polar surface area (TPSA) is 59.8 Å². The maximum absolute atomic E-state index is 12.4. The van der Waals surface area contributed by atoms with Gasteiger partial charge in [-0.3, -0.25) is 9.36 Å². The minimum absolute atomic E-state index is 0.0151. The Kier molecular flexibility index (Phi) is 7.30. The average molecular weight is 477 g/mol. The van der Waals surface area contributed by atoms with Crippen molar-refractivity contribution in [3.8, 4) is 11.4 Å². The molecule has 2 aromatic carbocycles. The van der Waals surface area contributed by atoms with E-state index < -0.39 is 0 Å². The molecule has 1 amide bonds. The molecule has 4 aromatic rings. The summed E-state index contributed by atoms with van der Waals surface area (Å²) in [4.78, 5) is 13.5. The molecule has 0 saturated carbocycles. The van der Waals surface area contributed by atoms with Crippen molar-refractivity contribution in [1.82, 2.24) is 20.1 Å². The van der Waals surface area contributed by atoms with Crippen LogP contribution >= 0.6 is 23.1 Å². The second-order valence-electron chi connectivity index (χ2n) is 8.85. The Bertz CT molecular complexity index is 1180. The predicted octanol–water partition coefficient (Wildman–Crippen LogP) is 5.76. The van der Waals surface area contributed by atoms with Crippen LogP contribution in [0.5, 0.6) is 0 Å². The number of aromatic nitrogens is 3. The Labute approximate surface area is 203 Å². The van der Waals surface area contributed by atoms with Crippen molar-refractivity contribution in [2.45, 2.75) is 44.4 Å². The summed E-state index contributed by atoms with van der Waals surface area (Å²) in [7, 11) is 0. The van der Waals surface area contributed by atoms with E-state index in [0.717, 1.165) is 27.0 Å². The van der Waals surface area contributed by atoms with E-state index in [0.29, 0.717) is 18.8 Å². The molecular formula is C26H28N4OS2. The standard InChI is InChI=1S/C26H28N4OS2/c1-26(2,3)21-13-11-20(12-14-21)24-28-29-25(30(24)17-19-8-5-4-6-9-19)33-18-23(31)27-16-22-10-7-15-32-22/h4-15H,16-18H2,1-3H3,(H,27,31). The van der Waals surface area contributed by atoms with Crippen LogP contribution in [0.1, 0.15) is 36.8 Å². The second-order valence-corrected chi connectivity index (χ2v) is 10.8. The molecule has 2 heterocycles. The molecule has 5 nitrogen and oxygen atoms in total. The maximum Gasteiger partial charge on any atom is 0.230 e. The first-order valence-corrected chi connectivity index (χ1v) is 12.8. The summed E-state index contributed by atoms with van der Waals surface area (Å²) in [5.74, 6) is 1.08. The highest BCUT2D eigenvalue weighted by molar-refractivity contribution is 7.99. The summed E-state index contributed by atoms with van der Waals surface area (Å²) in [6.07, 6.45) is 0. The van der Waals surface area contributed by atoms with Crippen molar-refractivity contribution in [3.63, 3.8) is 0 Å². The molecule has 4 rings (SSSR count). The number of carbonyl (C=O) groups is 1. The zero-order valence-electron chi connectivity index (χ0n) is 19.1. The first-order chi connectivity index (χ1) is 15.9. The quantitative estimate of drug-likeness (QED) is 0.329. The van der Waals surface area contributed by atoms with Crippen LogP contribution in [0.3, 0.4) is 0 Å². The highest BCUT2D eigenvalue weighted by Crippen LogP contribution is 2.28. The zero-order chi connectivity index (χ0) is 23.3. The van der Waals surface area contributed by atoms with E-state index in [2.05, 4.69) is 77.3 Å². The van der Waals surface area contributed by atoms with Crippen LogP contribution in [0.15, 0.2) is 77.3 Å². The molecule has 1 N–H and O–H groups in total. The van der Waals surface area contributed by atoms with E-state index in [1.54, 1.807) is 11.3 Å². The zero-order valence-corrected chi connectivity index (χ0v) is 20.7. The largest absolute Gasteiger partial charge is 0.350 e. The van der Waals surface area contributed by atoms with Crippen LogP contribution in [0.4, 0.5) is 0 Å². The van der Waals surface area contributed by atoms with Crippen LogP contribution < -0.4 is 5.32 Å². The van der Waals surface area contributed by atoms with Crippen LogP contribution in [0.2, 0.25) is 0 Å². The third-order valence-electron chi connectivity index (χ3n) is 5.28. The minimum atomic E-state index is -0.0151.